The highest BCUT2D eigenvalue weighted by molar-refractivity contribution is 6.33. The predicted molar refractivity (Wildman–Crippen MR) is 63.2 cm³/mol. The van der Waals surface area contributed by atoms with Crippen LogP contribution in [0.3, 0.4) is 0 Å². The molecule has 0 atom stereocenters. The molecule has 0 N–H and O–H groups in total. The summed E-state index contributed by atoms with van der Waals surface area (Å²) in [4.78, 5) is 21.6. The van der Waals surface area contributed by atoms with E-state index in [2.05, 4.69) is 0 Å². The number of ether oxygens (including phenoxy) is 1. The zero-order valence-electron chi connectivity index (χ0n) is 9.47. The SMILES string of the molecule is CC(C)COC(=O)c1cc([N+](=O)[O-])ccc1Cl. The second-order valence-electron chi connectivity index (χ2n) is 3.91. The summed E-state index contributed by atoms with van der Waals surface area (Å²) in [6.07, 6.45) is 0. The molecular formula is C11H12ClNO4. The Morgan fingerprint density at radius 3 is 2.71 bits per heavy atom. The van der Waals surface area contributed by atoms with Crippen LogP contribution in [0.4, 0.5) is 5.69 Å². The number of hydrogen-bond acceptors (Lipinski definition) is 4. The zero-order chi connectivity index (χ0) is 13.0. The van der Waals surface area contributed by atoms with Gasteiger partial charge in [0.25, 0.3) is 5.69 Å². The Kier molecular flexibility index (Phi) is 4.45. The van der Waals surface area contributed by atoms with E-state index in [1.807, 2.05) is 13.8 Å². The summed E-state index contributed by atoms with van der Waals surface area (Å²) in [5, 5.41) is 10.7. The van der Waals surface area contributed by atoms with Crippen molar-refractivity contribution < 1.29 is 14.5 Å². The second kappa shape index (κ2) is 5.63. The Morgan fingerprint density at radius 1 is 1.53 bits per heavy atom. The number of nitrogens with zero attached hydrogens (tertiary/aromatic N) is 1. The molecule has 17 heavy (non-hydrogen) atoms. The van der Waals surface area contributed by atoms with Crippen molar-refractivity contribution in [1.29, 1.82) is 0 Å². The van der Waals surface area contributed by atoms with Crippen LogP contribution in [-0.2, 0) is 4.74 Å². The molecule has 1 rings (SSSR count). The topological polar surface area (TPSA) is 69.4 Å². The largest absolute Gasteiger partial charge is 0.462 e. The normalized spacial score (nSPS) is 10.4. The number of nitro benzene ring substituents is 1. The van der Waals surface area contributed by atoms with Crippen molar-refractivity contribution in [3.05, 3.63) is 38.9 Å². The molecule has 0 bridgehead atoms. The van der Waals surface area contributed by atoms with E-state index in [4.69, 9.17) is 16.3 Å². The number of carbonyl (C=O) groups is 1. The Hall–Kier alpha value is -1.62. The van der Waals surface area contributed by atoms with Gasteiger partial charge in [0.1, 0.15) is 0 Å². The third-order valence-corrected chi connectivity index (χ3v) is 2.26. The van der Waals surface area contributed by atoms with Gasteiger partial charge in [0.15, 0.2) is 0 Å². The Balaban J connectivity index is 2.92. The van der Waals surface area contributed by atoms with Crippen molar-refractivity contribution in [1.82, 2.24) is 0 Å². The molecule has 0 saturated carbocycles. The number of benzene rings is 1. The highest BCUT2D eigenvalue weighted by Crippen LogP contribution is 2.22. The summed E-state index contributed by atoms with van der Waals surface area (Å²) in [5.41, 5.74) is -0.174. The molecule has 0 amide bonds. The number of hydrogen-bond donors (Lipinski definition) is 0. The summed E-state index contributed by atoms with van der Waals surface area (Å²) in [6.45, 7) is 4.03. The minimum absolute atomic E-state index is 0.0153. The van der Waals surface area contributed by atoms with E-state index in [-0.39, 0.29) is 28.8 Å². The fraction of sp³-hybridized carbons (Fsp3) is 0.364. The van der Waals surface area contributed by atoms with Gasteiger partial charge in [-0.15, -0.1) is 0 Å². The smallest absolute Gasteiger partial charge is 0.339 e. The number of halogens is 1. The van der Waals surface area contributed by atoms with Crippen LogP contribution in [-0.4, -0.2) is 17.5 Å². The van der Waals surface area contributed by atoms with E-state index in [9.17, 15) is 14.9 Å². The Labute approximate surface area is 103 Å². The molecule has 0 aromatic heterocycles. The number of nitro groups is 1. The molecule has 0 radical (unpaired) electrons. The molecule has 0 aliphatic carbocycles. The molecule has 0 aliphatic heterocycles. The van der Waals surface area contributed by atoms with Gasteiger partial charge in [0, 0.05) is 12.1 Å². The minimum atomic E-state index is -0.646. The van der Waals surface area contributed by atoms with Gasteiger partial charge in [-0.3, -0.25) is 10.1 Å². The molecule has 1 aromatic carbocycles. The number of esters is 1. The van der Waals surface area contributed by atoms with Gasteiger partial charge < -0.3 is 4.74 Å². The lowest BCUT2D eigenvalue weighted by Gasteiger charge is -2.07. The maximum absolute atomic E-state index is 11.6. The molecule has 0 heterocycles. The first kappa shape index (κ1) is 13.4. The highest BCUT2D eigenvalue weighted by Gasteiger charge is 2.17. The fourth-order valence-corrected chi connectivity index (χ4v) is 1.30. The molecule has 5 nitrogen and oxygen atoms in total. The maximum Gasteiger partial charge on any atom is 0.339 e. The third-order valence-electron chi connectivity index (χ3n) is 1.93. The molecule has 0 unspecified atom stereocenters. The van der Waals surface area contributed by atoms with Gasteiger partial charge >= 0.3 is 5.97 Å². The average molecular weight is 258 g/mol. The summed E-state index contributed by atoms with van der Waals surface area (Å²) < 4.78 is 4.96. The number of non-ortho nitro benzene ring substituents is 1. The minimum Gasteiger partial charge on any atom is -0.462 e. The molecule has 6 heteroatoms. The number of rotatable bonds is 4. The highest BCUT2D eigenvalue weighted by atomic mass is 35.5. The second-order valence-corrected chi connectivity index (χ2v) is 4.32. The lowest BCUT2D eigenvalue weighted by Crippen LogP contribution is -2.11. The third kappa shape index (κ3) is 3.71. The molecule has 0 fully saturated rings. The van der Waals surface area contributed by atoms with Crippen molar-refractivity contribution in [2.45, 2.75) is 13.8 Å². The zero-order valence-corrected chi connectivity index (χ0v) is 10.2. The fourth-order valence-electron chi connectivity index (χ4n) is 1.10. The first-order valence-corrected chi connectivity index (χ1v) is 5.40. The molecule has 92 valence electrons. The summed E-state index contributed by atoms with van der Waals surface area (Å²) in [7, 11) is 0. The standard InChI is InChI=1S/C11H12ClNO4/c1-7(2)6-17-11(14)9-5-8(13(15)16)3-4-10(9)12/h3-5,7H,6H2,1-2H3. The van der Waals surface area contributed by atoms with Gasteiger partial charge in [-0.1, -0.05) is 25.4 Å². The number of carbonyl (C=O) groups excluding carboxylic acids is 1. The van der Waals surface area contributed by atoms with Gasteiger partial charge in [0.05, 0.1) is 22.1 Å². The average Bonchev–Trinajstić information content (AvgIpc) is 2.26. The quantitative estimate of drug-likeness (QED) is 0.472. The summed E-state index contributed by atoms with van der Waals surface area (Å²) in [5.74, 6) is -0.455. The van der Waals surface area contributed by atoms with Gasteiger partial charge in [-0.05, 0) is 12.0 Å². The molecule has 0 aliphatic rings. The Morgan fingerprint density at radius 2 is 2.18 bits per heavy atom. The first-order chi connectivity index (χ1) is 7.91. The van der Waals surface area contributed by atoms with Gasteiger partial charge in [0.2, 0.25) is 0 Å². The van der Waals surface area contributed by atoms with E-state index in [1.54, 1.807) is 0 Å². The molecule has 0 spiro atoms. The maximum atomic E-state index is 11.6. The van der Waals surface area contributed by atoms with E-state index in [0.29, 0.717) is 0 Å². The Bertz CT molecular complexity index is 445. The van der Waals surface area contributed by atoms with Crippen molar-refractivity contribution in [3.8, 4) is 0 Å². The van der Waals surface area contributed by atoms with Crippen molar-refractivity contribution in [2.75, 3.05) is 6.61 Å². The van der Waals surface area contributed by atoms with Crippen LogP contribution in [0.25, 0.3) is 0 Å². The van der Waals surface area contributed by atoms with E-state index >= 15 is 0 Å². The lowest BCUT2D eigenvalue weighted by atomic mass is 10.2. The van der Waals surface area contributed by atoms with Crippen molar-refractivity contribution in [3.63, 3.8) is 0 Å². The van der Waals surface area contributed by atoms with E-state index in [1.165, 1.54) is 12.1 Å². The van der Waals surface area contributed by atoms with Gasteiger partial charge in [-0.25, -0.2) is 4.79 Å². The predicted octanol–water partition coefficient (Wildman–Crippen LogP) is 3.06. The first-order valence-electron chi connectivity index (χ1n) is 5.03. The van der Waals surface area contributed by atoms with Crippen LogP contribution < -0.4 is 0 Å². The van der Waals surface area contributed by atoms with E-state index in [0.717, 1.165) is 6.07 Å². The van der Waals surface area contributed by atoms with Crippen LogP contribution in [0.5, 0.6) is 0 Å². The van der Waals surface area contributed by atoms with Crippen LogP contribution in [0.15, 0.2) is 18.2 Å². The van der Waals surface area contributed by atoms with Crippen LogP contribution in [0, 0.1) is 16.0 Å². The van der Waals surface area contributed by atoms with Crippen LogP contribution >= 0.6 is 11.6 Å². The molecule has 1 aromatic rings. The van der Waals surface area contributed by atoms with Crippen molar-refractivity contribution >= 4 is 23.3 Å². The lowest BCUT2D eigenvalue weighted by molar-refractivity contribution is -0.384. The summed E-state index contributed by atoms with van der Waals surface area (Å²) in [6, 6.07) is 3.66. The molecular weight excluding hydrogens is 246 g/mol. The van der Waals surface area contributed by atoms with E-state index < -0.39 is 10.9 Å². The molecule has 0 saturated heterocycles. The van der Waals surface area contributed by atoms with Gasteiger partial charge in [-0.2, -0.15) is 0 Å². The van der Waals surface area contributed by atoms with Crippen molar-refractivity contribution in [2.24, 2.45) is 5.92 Å². The van der Waals surface area contributed by atoms with Crippen LogP contribution in [0.2, 0.25) is 5.02 Å². The van der Waals surface area contributed by atoms with Crippen LogP contribution in [0.1, 0.15) is 24.2 Å². The monoisotopic (exact) mass is 257 g/mol. The summed E-state index contributed by atoms with van der Waals surface area (Å²) >= 11 is 5.79.